The van der Waals surface area contributed by atoms with Crippen LogP contribution < -0.4 is 15.8 Å². The molecule has 3 N–H and O–H groups in total. The predicted molar refractivity (Wildman–Crippen MR) is 84.1 cm³/mol. The lowest BCUT2D eigenvalue weighted by molar-refractivity contribution is -0.118. The number of halogens is 2. The molecule has 20 heavy (non-hydrogen) atoms. The van der Waals surface area contributed by atoms with Crippen molar-refractivity contribution in [1.82, 2.24) is 0 Å². The van der Waals surface area contributed by atoms with E-state index in [4.69, 9.17) is 22.1 Å². The van der Waals surface area contributed by atoms with E-state index in [0.717, 1.165) is 4.47 Å². The Balaban J connectivity index is 1.92. The van der Waals surface area contributed by atoms with Crippen LogP contribution in [0.4, 0.5) is 11.4 Å². The van der Waals surface area contributed by atoms with E-state index in [0.29, 0.717) is 22.1 Å². The lowest BCUT2D eigenvalue weighted by Gasteiger charge is -2.09. The molecule has 0 saturated carbocycles. The third-order valence-electron chi connectivity index (χ3n) is 2.45. The molecule has 0 aliphatic rings. The van der Waals surface area contributed by atoms with Gasteiger partial charge in [0.25, 0.3) is 5.91 Å². The van der Waals surface area contributed by atoms with E-state index in [1.807, 2.05) is 12.1 Å². The Morgan fingerprint density at radius 1 is 1.30 bits per heavy atom. The summed E-state index contributed by atoms with van der Waals surface area (Å²) in [5.74, 6) is 0.317. The molecule has 6 heteroatoms. The number of anilines is 2. The number of nitrogens with two attached hydrogens (primary N) is 1. The third kappa shape index (κ3) is 4.15. The van der Waals surface area contributed by atoms with E-state index in [1.54, 1.807) is 30.3 Å². The summed E-state index contributed by atoms with van der Waals surface area (Å²) in [4.78, 5) is 11.8. The van der Waals surface area contributed by atoms with E-state index in [1.165, 1.54) is 0 Å². The van der Waals surface area contributed by atoms with Crippen LogP contribution >= 0.6 is 27.5 Å². The summed E-state index contributed by atoms with van der Waals surface area (Å²) < 4.78 is 6.26. The summed E-state index contributed by atoms with van der Waals surface area (Å²) in [6, 6.07) is 12.1. The van der Waals surface area contributed by atoms with Gasteiger partial charge in [-0.3, -0.25) is 4.79 Å². The molecule has 0 radical (unpaired) electrons. The van der Waals surface area contributed by atoms with E-state index in [-0.39, 0.29) is 12.5 Å². The molecular weight excluding hydrogens is 344 g/mol. The minimum absolute atomic E-state index is 0.0987. The summed E-state index contributed by atoms with van der Waals surface area (Å²) in [5, 5.41) is 3.18. The predicted octanol–water partition coefficient (Wildman–Crippen LogP) is 3.70. The minimum Gasteiger partial charge on any atom is -0.484 e. The fraction of sp³-hybridized carbons (Fsp3) is 0.0714. The van der Waals surface area contributed by atoms with Crippen LogP contribution in [0, 0.1) is 0 Å². The number of ether oxygens (including phenoxy) is 1. The highest BCUT2D eigenvalue weighted by Crippen LogP contribution is 2.22. The highest BCUT2D eigenvalue weighted by molar-refractivity contribution is 9.10. The van der Waals surface area contributed by atoms with E-state index < -0.39 is 0 Å². The summed E-state index contributed by atoms with van der Waals surface area (Å²) in [6.07, 6.45) is 0. The number of benzene rings is 2. The molecule has 2 rings (SSSR count). The number of carbonyl (C=O) groups excluding carboxylic acids is 1. The van der Waals surface area contributed by atoms with Crippen LogP contribution in [0.3, 0.4) is 0 Å². The fourth-order valence-corrected chi connectivity index (χ4v) is 2.10. The van der Waals surface area contributed by atoms with Gasteiger partial charge in [0.1, 0.15) is 5.75 Å². The first-order chi connectivity index (χ1) is 9.54. The number of hydrogen-bond acceptors (Lipinski definition) is 3. The van der Waals surface area contributed by atoms with Crippen molar-refractivity contribution in [2.24, 2.45) is 0 Å². The SMILES string of the molecule is Nc1cc(Cl)ccc1NC(=O)COc1cccc(Br)c1. The van der Waals surface area contributed by atoms with Crippen LogP contribution in [0.15, 0.2) is 46.9 Å². The molecule has 2 aromatic carbocycles. The Bertz CT molecular complexity index is 634. The first kappa shape index (κ1) is 14.7. The van der Waals surface area contributed by atoms with Crippen molar-refractivity contribution in [3.8, 4) is 5.75 Å². The van der Waals surface area contributed by atoms with Crippen LogP contribution in [0.5, 0.6) is 5.75 Å². The second-order valence-electron chi connectivity index (χ2n) is 4.03. The molecule has 0 aromatic heterocycles. The molecule has 0 bridgehead atoms. The maximum Gasteiger partial charge on any atom is 0.262 e. The maximum absolute atomic E-state index is 11.8. The monoisotopic (exact) mass is 354 g/mol. The lowest BCUT2D eigenvalue weighted by atomic mass is 10.2. The number of carbonyl (C=O) groups is 1. The zero-order valence-electron chi connectivity index (χ0n) is 10.4. The Morgan fingerprint density at radius 2 is 2.10 bits per heavy atom. The number of amides is 1. The van der Waals surface area contributed by atoms with Crippen LogP contribution in [0.25, 0.3) is 0 Å². The molecule has 0 atom stereocenters. The molecule has 4 nitrogen and oxygen atoms in total. The molecule has 0 unspecified atom stereocenters. The zero-order chi connectivity index (χ0) is 14.5. The Kier molecular flexibility index (Phi) is 4.87. The van der Waals surface area contributed by atoms with Gasteiger partial charge < -0.3 is 15.8 Å². The van der Waals surface area contributed by atoms with Gasteiger partial charge in [0.05, 0.1) is 11.4 Å². The quantitative estimate of drug-likeness (QED) is 0.822. The third-order valence-corrected chi connectivity index (χ3v) is 3.18. The molecule has 104 valence electrons. The number of nitrogens with one attached hydrogen (secondary N) is 1. The van der Waals surface area contributed by atoms with Crippen molar-refractivity contribution >= 4 is 44.8 Å². The smallest absolute Gasteiger partial charge is 0.262 e. The lowest BCUT2D eigenvalue weighted by Crippen LogP contribution is -2.20. The average Bonchev–Trinajstić information content (AvgIpc) is 2.40. The normalized spacial score (nSPS) is 10.1. The van der Waals surface area contributed by atoms with E-state index in [2.05, 4.69) is 21.2 Å². The Labute approximate surface area is 130 Å². The zero-order valence-corrected chi connectivity index (χ0v) is 12.7. The van der Waals surface area contributed by atoms with E-state index >= 15 is 0 Å². The van der Waals surface area contributed by atoms with Crippen LogP contribution in [0.1, 0.15) is 0 Å². The standard InChI is InChI=1S/C14H12BrClN2O2/c15-9-2-1-3-11(6-9)20-8-14(19)18-13-5-4-10(16)7-12(13)17/h1-7H,8,17H2,(H,18,19). The summed E-state index contributed by atoms with van der Waals surface area (Å²) in [5.41, 5.74) is 6.67. The highest BCUT2D eigenvalue weighted by Gasteiger charge is 2.06. The topological polar surface area (TPSA) is 64.3 Å². The molecule has 0 spiro atoms. The summed E-state index contributed by atoms with van der Waals surface area (Å²) >= 11 is 9.12. The fourth-order valence-electron chi connectivity index (χ4n) is 1.54. The van der Waals surface area contributed by atoms with Crippen molar-refractivity contribution in [1.29, 1.82) is 0 Å². The molecular formula is C14H12BrClN2O2. The summed E-state index contributed by atoms with van der Waals surface area (Å²) in [6.45, 7) is -0.0987. The molecule has 0 heterocycles. The van der Waals surface area contributed by atoms with Gasteiger partial charge in [-0.1, -0.05) is 33.6 Å². The van der Waals surface area contributed by atoms with Crippen LogP contribution in [-0.2, 0) is 4.79 Å². The molecule has 1 amide bonds. The largest absolute Gasteiger partial charge is 0.484 e. The molecule has 0 saturated heterocycles. The first-order valence-electron chi connectivity index (χ1n) is 5.78. The first-order valence-corrected chi connectivity index (χ1v) is 6.95. The maximum atomic E-state index is 11.8. The van der Waals surface area contributed by atoms with Gasteiger partial charge in [-0.2, -0.15) is 0 Å². The van der Waals surface area contributed by atoms with Gasteiger partial charge in [-0.25, -0.2) is 0 Å². The second-order valence-corrected chi connectivity index (χ2v) is 5.38. The molecule has 0 aliphatic carbocycles. The minimum atomic E-state index is -0.293. The van der Waals surface area contributed by atoms with Crippen LogP contribution in [0.2, 0.25) is 5.02 Å². The van der Waals surface area contributed by atoms with Crippen molar-refractivity contribution < 1.29 is 9.53 Å². The molecule has 0 fully saturated rings. The second kappa shape index (κ2) is 6.63. The Morgan fingerprint density at radius 3 is 2.80 bits per heavy atom. The van der Waals surface area contributed by atoms with Crippen molar-refractivity contribution in [2.45, 2.75) is 0 Å². The highest BCUT2D eigenvalue weighted by atomic mass is 79.9. The van der Waals surface area contributed by atoms with Crippen LogP contribution in [-0.4, -0.2) is 12.5 Å². The van der Waals surface area contributed by atoms with E-state index in [9.17, 15) is 4.79 Å². The van der Waals surface area contributed by atoms with Gasteiger partial charge in [0.15, 0.2) is 6.61 Å². The van der Waals surface area contributed by atoms with Crippen molar-refractivity contribution in [3.05, 3.63) is 52.0 Å². The molecule has 0 aliphatic heterocycles. The summed E-state index contributed by atoms with van der Waals surface area (Å²) in [7, 11) is 0. The van der Waals surface area contributed by atoms with Gasteiger partial charge in [0, 0.05) is 9.50 Å². The van der Waals surface area contributed by atoms with Crippen molar-refractivity contribution in [3.63, 3.8) is 0 Å². The van der Waals surface area contributed by atoms with Gasteiger partial charge in [-0.05, 0) is 36.4 Å². The van der Waals surface area contributed by atoms with Gasteiger partial charge in [-0.15, -0.1) is 0 Å². The van der Waals surface area contributed by atoms with Crippen molar-refractivity contribution in [2.75, 3.05) is 17.7 Å². The Hall–Kier alpha value is -1.72. The van der Waals surface area contributed by atoms with Gasteiger partial charge in [0.2, 0.25) is 0 Å². The number of rotatable bonds is 4. The number of nitrogen functional groups attached to an aromatic ring is 1. The van der Waals surface area contributed by atoms with Gasteiger partial charge >= 0.3 is 0 Å². The molecule has 2 aromatic rings. The number of hydrogen-bond donors (Lipinski definition) is 2. The average molecular weight is 356 g/mol.